The predicted molar refractivity (Wildman–Crippen MR) is 94.2 cm³/mol. The van der Waals surface area contributed by atoms with Gasteiger partial charge in [0.2, 0.25) is 0 Å². The molecule has 1 saturated heterocycles. The zero-order valence-electron chi connectivity index (χ0n) is 14.1. The van der Waals surface area contributed by atoms with E-state index in [1.807, 2.05) is 29.2 Å². The van der Waals surface area contributed by atoms with Gasteiger partial charge in [-0.15, -0.1) is 0 Å². The van der Waals surface area contributed by atoms with Crippen LogP contribution in [0.3, 0.4) is 0 Å². The molecular formula is C20H21NO4. The smallest absolute Gasteiger partial charge is 0.335 e. The maximum atomic E-state index is 12.9. The molecule has 1 N–H and O–H groups in total. The van der Waals surface area contributed by atoms with Gasteiger partial charge in [-0.3, -0.25) is 4.79 Å². The molecule has 1 atom stereocenters. The number of para-hydroxylation sites is 1. The number of carboxylic acids is 1. The largest absolute Gasteiger partial charge is 0.496 e. The molecule has 0 bridgehead atoms. The van der Waals surface area contributed by atoms with Crippen molar-refractivity contribution in [3.05, 3.63) is 65.2 Å². The molecule has 1 unspecified atom stereocenters. The number of amides is 1. The first-order valence-corrected chi connectivity index (χ1v) is 8.36. The molecular weight excluding hydrogens is 318 g/mol. The number of aromatic carboxylic acids is 1. The number of hydrogen-bond donors (Lipinski definition) is 1. The average molecular weight is 339 g/mol. The van der Waals surface area contributed by atoms with Crippen molar-refractivity contribution < 1.29 is 19.4 Å². The molecule has 0 saturated carbocycles. The Bertz CT molecular complexity index is 787. The van der Waals surface area contributed by atoms with Crippen molar-refractivity contribution in [2.75, 3.05) is 13.7 Å². The number of hydrogen-bond acceptors (Lipinski definition) is 3. The van der Waals surface area contributed by atoms with Gasteiger partial charge >= 0.3 is 5.97 Å². The lowest BCUT2D eigenvalue weighted by molar-refractivity contribution is 0.0697. The minimum atomic E-state index is -1.03. The van der Waals surface area contributed by atoms with Crippen molar-refractivity contribution in [2.45, 2.75) is 25.3 Å². The molecule has 5 heteroatoms. The molecule has 1 heterocycles. The number of ether oxygens (including phenoxy) is 1. The molecule has 0 spiro atoms. The summed E-state index contributed by atoms with van der Waals surface area (Å²) in [6.45, 7) is 0.690. The Morgan fingerprint density at radius 2 is 1.92 bits per heavy atom. The van der Waals surface area contributed by atoms with Crippen LogP contribution in [0.2, 0.25) is 0 Å². The van der Waals surface area contributed by atoms with Crippen LogP contribution in [-0.4, -0.2) is 41.6 Å². The van der Waals surface area contributed by atoms with Gasteiger partial charge in [-0.05, 0) is 49.1 Å². The van der Waals surface area contributed by atoms with E-state index in [9.17, 15) is 9.59 Å². The summed E-state index contributed by atoms with van der Waals surface area (Å²) < 4.78 is 5.41. The van der Waals surface area contributed by atoms with Crippen molar-refractivity contribution in [1.82, 2.24) is 4.90 Å². The van der Waals surface area contributed by atoms with E-state index < -0.39 is 5.97 Å². The lowest BCUT2D eigenvalue weighted by Crippen LogP contribution is -2.37. The molecule has 2 aromatic rings. The Balaban J connectivity index is 1.80. The Kier molecular flexibility index (Phi) is 5.03. The zero-order chi connectivity index (χ0) is 17.8. The summed E-state index contributed by atoms with van der Waals surface area (Å²) >= 11 is 0. The van der Waals surface area contributed by atoms with Crippen molar-refractivity contribution >= 4 is 11.9 Å². The lowest BCUT2D eigenvalue weighted by Gasteiger charge is -2.25. The first-order chi connectivity index (χ1) is 12.1. The highest BCUT2D eigenvalue weighted by atomic mass is 16.5. The number of benzene rings is 2. The highest BCUT2D eigenvalue weighted by Gasteiger charge is 2.30. The molecule has 1 aliphatic heterocycles. The van der Waals surface area contributed by atoms with E-state index in [4.69, 9.17) is 9.84 Å². The predicted octanol–water partition coefficient (Wildman–Crippen LogP) is 3.24. The highest BCUT2D eigenvalue weighted by molar-refractivity contribution is 5.97. The van der Waals surface area contributed by atoms with Crippen molar-refractivity contribution in [3.8, 4) is 5.75 Å². The van der Waals surface area contributed by atoms with Crippen molar-refractivity contribution in [3.63, 3.8) is 0 Å². The van der Waals surface area contributed by atoms with Crippen LogP contribution in [0.4, 0.5) is 0 Å². The molecule has 1 fully saturated rings. The number of methoxy groups -OCH3 is 1. The van der Waals surface area contributed by atoms with Crippen LogP contribution >= 0.6 is 0 Å². The van der Waals surface area contributed by atoms with Crippen LogP contribution in [0.25, 0.3) is 0 Å². The summed E-state index contributed by atoms with van der Waals surface area (Å²) in [6, 6.07) is 14.2. The van der Waals surface area contributed by atoms with Crippen molar-refractivity contribution in [2.24, 2.45) is 0 Å². The van der Waals surface area contributed by atoms with Gasteiger partial charge in [0, 0.05) is 18.2 Å². The van der Waals surface area contributed by atoms with Gasteiger partial charge in [0.25, 0.3) is 5.91 Å². The molecule has 2 aromatic carbocycles. The minimum absolute atomic E-state index is 0.0947. The minimum Gasteiger partial charge on any atom is -0.496 e. The second-order valence-corrected chi connectivity index (χ2v) is 6.20. The van der Waals surface area contributed by atoms with Gasteiger partial charge in [0.05, 0.1) is 12.7 Å². The van der Waals surface area contributed by atoms with Crippen LogP contribution in [0.1, 0.15) is 39.1 Å². The summed E-state index contributed by atoms with van der Waals surface area (Å²) in [5, 5.41) is 9.12. The number of carboxylic acid groups (broad SMARTS) is 1. The van der Waals surface area contributed by atoms with E-state index in [1.165, 1.54) is 12.1 Å². The van der Waals surface area contributed by atoms with E-state index in [2.05, 4.69) is 0 Å². The Morgan fingerprint density at radius 3 is 2.68 bits per heavy atom. The van der Waals surface area contributed by atoms with Crippen LogP contribution in [-0.2, 0) is 6.42 Å². The summed E-state index contributed by atoms with van der Waals surface area (Å²) in [5.41, 5.74) is 1.63. The Labute approximate surface area is 146 Å². The van der Waals surface area contributed by atoms with Crippen LogP contribution in [0.15, 0.2) is 48.5 Å². The maximum Gasteiger partial charge on any atom is 0.335 e. The van der Waals surface area contributed by atoms with Gasteiger partial charge < -0.3 is 14.7 Å². The second kappa shape index (κ2) is 7.38. The number of carbonyl (C=O) groups is 2. The van der Waals surface area contributed by atoms with Crippen LogP contribution < -0.4 is 4.74 Å². The summed E-state index contributed by atoms with van der Waals surface area (Å²) in [6.07, 6.45) is 2.61. The van der Waals surface area contributed by atoms with Crippen LogP contribution in [0.5, 0.6) is 5.75 Å². The summed E-state index contributed by atoms with van der Waals surface area (Å²) in [7, 11) is 1.65. The highest BCUT2D eigenvalue weighted by Crippen LogP contribution is 2.27. The zero-order valence-corrected chi connectivity index (χ0v) is 14.1. The molecule has 3 rings (SSSR count). The van der Waals surface area contributed by atoms with E-state index >= 15 is 0 Å². The third-order valence-electron chi connectivity index (χ3n) is 4.64. The quantitative estimate of drug-likeness (QED) is 0.908. The molecule has 0 radical (unpaired) electrons. The van der Waals surface area contributed by atoms with Crippen LogP contribution in [0, 0.1) is 0 Å². The molecule has 25 heavy (non-hydrogen) atoms. The monoisotopic (exact) mass is 339 g/mol. The normalized spacial score (nSPS) is 16.7. The molecule has 1 aliphatic rings. The second-order valence-electron chi connectivity index (χ2n) is 6.20. The number of nitrogens with zero attached hydrogens (tertiary/aromatic N) is 1. The molecule has 0 aliphatic carbocycles. The standard InChI is InChI=1S/C20H21NO4/c1-25-18-10-3-2-6-14(18)13-17-9-5-11-21(17)19(22)15-7-4-8-16(12-15)20(23)24/h2-4,6-8,10,12,17H,5,9,11,13H2,1H3,(H,23,24). The number of rotatable bonds is 5. The third kappa shape index (κ3) is 3.65. The molecule has 1 amide bonds. The number of likely N-dealkylation sites (tertiary alicyclic amines) is 1. The van der Waals surface area contributed by atoms with Gasteiger partial charge in [-0.25, -0.2) is 4.79 Å². The van der Waals surface area contributed by atoms with Gasteiger partial charge in [-0.2, -0.15) is 0 Å². The van der Waals surface area contributed by atoms with Crippen molar-refractivity contribution in [1.29, 1.82) is 0 Å². The Hall–Kier alpha value is -2.82. The van der Waals surface area contributed by atoms with E-state index in [0.29, 0.717) is 12.1 Å². The Morgan fingerprint density at radius 1 is 1.16 bits per heavy atom. The van der Waals surface area contributed by atoms with Gasteiger partial charge in [-0.1, -0.05) is 24.3 Å². The topological polar surface area (TPSA) is 66.8 Å². The van der Waals surface area contributed by atoms with E-state index in [-0.39, 0.29) is 17.5 Å². The van der Waals surface area contributed by atoms with Gasteiger partial charge in [0.15, 0.2) is 0 Å². The van der Waals surface area contributed by atoms with Gasteiger partial charge in [0.1, 0.15) is 5.75 Å². The van der Waals surface area contributed by atoms with E-state index in [1.54, 1.807) is 19.2 Å². The summed E-state index contributed by atoms with van der Waals surface area (Å²) in [5.74, 6) is -0.309. The van der Waals surface area contributed by atoms with E-state index in [0.717, 1.165) is 30.6 Å². The maximum absolute atomic E-state index is 12.9. The third-order valence-corrected chi connectivity index (χ3v) is 4.64. The fraction of sp³-hybridized carbons (Fsp3) is 0.300. The lowest BCUT2D eigenvalue weighted by atomic mass is 10.0. The molecule has 0 aromatic heterocycles. The first kappa shape index (κ1) is 17.0. The number of carbonyl (C=O) groups excluding carboxylic acids is 1. The molecule has 130 valence electrons. The summed E-state index contributed by atoms with van der Waals surface area (Å²) in [4.78, 5) is 25.9. The first-order valence-electron chi connectivity index (χ1n) is 8.36. The SMILES string of the molecule is COc1ccccc1CC1CCCN1C(=O)c1cccc(C(=O)O)c1. The fourth-order valence-electron chi connectivity index (χ4n) is 3.39. The fourth-order valence-corrected chi connectivity index (χ4v) is 3.39. The average Bonchev–Trinajstić information content (AvgIpc) is 3.09. The molecule has 5 nitrogen and oxygen atoms in total.